The molecule has 0 fully saturated rings. The summed E-state index contributed by atoms with van der Waals surface area (Å²) in [6.07, 6.45) is 1.52. The van der Waals surface area contributed by atoms with Crippen LogP contribution in [0.4, 0.5) is 22.7 Å². The van der Waals surface area contributed by atoms with Gasteiger partial charge in [-0.2, -0.15) is 12.1 Å². The van der Waals surface area contributed by atoms with Crippen molar-refractivity contribution in [1.29, 1.82) is 0 Å². The van der Waals surface area contributed by atoms with Gasteiger partial charge in [0, 0.05) is 80.7 Å². The predicted molar refractivity (Wildman–Crippen MR) is 269 cm³/mol. The maximum absolute atomic E-state index is 8.65. The van der Waals surface area contributed by atoms with Crippen LogP contribution in [0.1, 0.15) is 45.7 Å². The van der Waals surface area contributed by atoms with E-state index in [4.69, 9.17) is 13.0 Å². The van der Waals surface area contributed by atoms with Gasteiger partial charge in [0.1, 0.15) is 5.82 Å². The van der Waals surface area contributed by atoms with Crippen molar-refractivity contribution < 1.29 is 34.0 Å². The van der Waals surface area contributed by atoms with E-state index >= 15 is 0 Å². The van der Waals surface area contributed by atoms with Crippen molar-refractivity contribution in [3.05, 3.63) is 224 Å². The largest absolute Gasteiger partial charge is 0.509 e. The number of fused-ring (bicyclic) bond motifs is 4. The number of anilines is 4. The quantitative estimate of drug-likeness (QED) is 0.142. The normalized spacial score (nSPS) is 14.1. The number of nitrogens with zero attached hydrogens (tertiary/aromatic N) is 4. The molecule has 2 aromatic heterocycles. The molecule has 10 aromatic rings. The van der Waals surface area contributed by atoms with E-state index in [0.29, 0.717) is 28.5 Å². The maximum Gasteiger partial charge on any atom is 0.135 e. The summed E-state index contributed by atoms with van der Waals surface area (Å²) in [6.45, 7) is 3.98. The number of aromatic nitrogens is 2. The number of ether oxygens (including phenoxy) is 1. The molecule has 5 nitrogen and oxygen atoms in total. The molecule has 1 aliphatic rings. The average molecular weight is 1040 g/mol. The van der Waals surface area contributed by atoms with Crippen molar-refractivity contribution in [2.24, 2.45) is 0 Å². The Morgan fingerprint density at radius 1 is 0.561 bits per heavy atom. The van der Waals surface area contributed by atoms with Gasteiger partial charge in [-0.25, -0.2) is 4.98 Å². The molecule has 326 valence electrons. The third-order valence-electron chi connectivity index (χ3n) is 12.1. The SMILES string of the molecule is [2H]C([2H])([2H])c1ccnc(-n2c3[c-]c(Oc4[c-]c(N5[CH-]N(c6c(-c7ccccc7)cc(C([2H])([2H])[2H])cc6-c6ccc(-c7ccc(C(C)(C)C)cc7)cc6)c6ccccc65)ccc4)ccc3c3ccccc32)c1.[Pt]. The zero-order valence-electron chi connectivity index (χ0n) is 42.5. The van der Waals surface area contributed by atoms with E-state index in [0.717, 1.165) is 66.7 Å². The molecule has 3 heterocycles. The van der Waals surface area contributed by atoms with Crippen LogP contribution in [0.3, 0.4) is 0 Å². The Balaban J connectivity index is 0.00000596. The molecule has 0 aliphatic carbocycles. The first kappa shape index (κ1) is 36.1. The summed E-state index contributed by atoms with van der Waals surface area (Å²) in [5.41, 5.74) is 12.1. The third kappa shape index (κ3) is 7.88. The monoisotopic (exact) mass is 1040 g/mol. The second-order valence-electron chi connectivity index (χ2n) is 17.4. The molecular formula is C60H47N4OPt-3. The summed E-state index contributed by atoms with van der Waals surface area (Å²) in [5, 5.41) is 1.89. The van der Waals surface area contributed by atoms with E-state index in [1.54, 1.807) is 12.1 Å². The Labute approximate surface area is 410 Å². The maximum atomic E-state index is 8.65. The van der Waals surface area contributed by atoms with Gasteiger partial charge in [-0.1, -0.05) is 135 Å². The summed E-state index contributed by atoms with van der Waals surface area (Å²) in [5.74, 6) is 1.35. The summed E-state index contributed by atoms with van der Waals surface area (Å²) in [7, 11) is 0. The minimum Gasteiger partial charge on any atom is -0.509 e. The van der Waals surface area contributed by atoms with Crippen molar-refractivity contribution in [2.75, 3.05) is 9.80 Å². The van der Waals surface area contributed by atoms with E-state index in [1.807, 2.05) is 114 Å². The summed E-state index contributed by atoms with van der Waals surface area (Å²) < 4.78 is 58.6. The van der Waals surface area contributed by atoms with Crippen LogP contribution in [-0.4, -0.2) is 9.55 Å². The van der Waals surface area contributed by atoms with Gasteiger partial charge in [-0.05, 0) is 106 Å². The molecule has 0 saturated heterocycles. The van der Waals surface area contributed by atoms with Crippen molar-refractivity contribution in [3.63, 3.8) is 0 Å². The minimum atomic E-state index is -2.38. The first-order valence-electron chi connectivity index (χ1n) is 24.7. The van der Waals surface area contributed by atoms with Crippen LogP contribution < -0.4 is 14.5 Å². The van der Waals surface area contributed by atoms with E-state index in [1.165, 1.54) is 17.8 Å². The van der Waals surface area contributed by atoms with Crippen molar-refractivity contribution in [1.82, 2.24) is 9.55 Å². The number of benzene rings is 8. The molecule has 11 rings (SSSR count). The molecule has 1 aliphatic heterocycles. The van der Waals surface area contributed by atoms with Gasteiger partial charge in [0.25, 0.3) is 0 Å². The standard InChI is InChI=1S/C60H47N4O.Pt/c1-40-32-33-61-58(36-40)64-54-19-10-9-18-50(54)51-31-30-49(38-57(51)64)65-48-17-13-16-47(37-48)62-39-63(56-21-12-11-20-55(56)62)59-52(44-14-7-6-8-15-44)34-41(2)35-53(59)45-24-22-42(23-25-45)43-26-28-46(29-27-43)60(3,4)5;/h6-36,39H,1-5H3;/q-3;/i1D3,2D3;. The van der Waals surface area contributed by atoms with E-state index in [2.05, 4.69) is 108 Å². The van der Waals surface area contributed by atoms with Gasteiger partial charge >= 0.3 is 0 Å². The Bertz CT molecular complexity index is 3620. The Kier molecular flexibility index (Phi) is 9.46. The molecule has 6 heteroatoms. The smallest absolute Gasteiger partial charge is 0.135 e. The minimum absolute atomic E-state index is 0. The van der Waals surface area contributed by atoms with Crippen LogP contribution in [-0.2, 0) is 26.5 Å². The van der Waals surface area contributed by atoms with Gasteiger partial charge in [0.15, 0.2) is 0 Å². The summed E-state index contributed by atoms with van der Waals surface area (Å²) >= 11 is 0. The molecule has 0 bridgehead atoms. The molecule has 0 radical (unpaired) electrons. The fraction of sp³-hybridized carbons (Fsp3) is 0.100. The van der Waals surface area contributed by atoms with E-state index < -0.39 is 13.7 Å². The fourth-order valence-electron chi connectivity index (χ4n) is 8.91. The van der Waals surface area contributed by atoms with Crippen LogP contribution in [0.2, 0.25) is 0 Å². The molecule has 0 saturated carbocycles. The summed E-state index contributed by atoms with van der Waals surface area (Å²) in [6, 6.07) is 66.4. The van der Waals surface area contributed by atoms with E-state index in [-0.39, 0.29) is 37.6 Å². The zero-order chi connectivity index (χ0) is 49.2. The zero-order valence-corrected chi connectivity index (χ0v) is 38.8. The van der Waals surface area contributed by atoms with Gasteiger partial charge in [-0.15, -0.1) is 48.1 Å². The predicted octanol–water partition coefficient (Wildman–Crippen LogP) is 15.9. The molecule has 0 amide bonds. The number of aryl methyl sites for hydroxylation is 2. The molecule has 0 atom stereocenters. The van der Waals surface area contributed by atoms with Crippen molar-refractivity contribution >= 4 is 44.6 Å². The second kappa shape index (κ2) is 17.3. The molecular weight excluding hydrogens is 988 g/mol. The van der Waals surface area contributed by atoms with Crippen LogP contribution in [0.5, 0.6) is 11.5 Å². The first-order chi connectivity index (χ1) is 34.1. The van der Waals surface area contributed by atoms with Gasteiger partial charge in [-0.3, -0.25) is 0 Å². The molecule has 0 N–H and O–H groups in total. The number of hydrogen-bond donors (Lipinski definition) is 0. The number of hydrogen-bond acceptors (Lipinski definition) is 4. The Morgan fingerprint density at radius 3 is 1.92 bits per heavy atom. The fourth-order valence-corrected chi connectivity index (χ4v) is 8.91. The van der Waals surface area contributed by atoms with Gasteiger partial charge < -0.3 is 19.1 Å². The topological polar surface area (TPSA) is 33.5 Å². The molecule has 0 spiro atoms. The molecule has 66 heavy (non-hydrogen) atoms. The third-order valence-corrected chi connectivity index (χ3v) is 12.1. The molecule has 8 aromatic carbocycles. The summed E-state index contributed by atoms with van der Waals surface area (Å²) in [4.78, 5) is 8.81. The van der Waals surface area contributed by atoms with Gasteiger partial charge in [0.2, 0.25) is 0 Å². The second-order valence-corrected chi connectivity index (χ2v) is 17.4. The molecule has 0 unspecified atom stereocenters. The van der Waals surface area contributed by atoms with Crippen molar-refractivity contribution in [2.45, 2.75) is 39.9 Å². The van der Waals surface area contributed by atoms with E-state index in [9.17, 15) is 0 Å². The van der Waals surface area contributed by atoms with Gasteiger partial charge in [0.05, 0.1) is 0 Å². The first-order valence-corrected chi connectivity index (χ1v) is 21.7. The van der Waals surface area contributed by atoms with Crippen LogP contribution in [0.25, 0.3) is 61.0 Å². The van der Waals surface area contributed by atoms with Crippen LogP contribution >= 0.6 is 0 Å². The van der Waals surface area contributed by atoms with Crippen molar-refractivity contribution in [3.8, 4) is 50.7 Å². The number of para-hydroxylation sites is 3. The average Bonchev–Trinajstić information content (AvgIpc) is 3.92. The Hall–Kier alpha value is -7.20. The van der Waals surface area contributed by atoms with Crippen LogP contribution in [0, 0.1) is 32.5 Å². The number of rotatable bonds is 8. The Morgan fingerprint density at radius 2 is 1.20 bits per heavy atom. The number of pyridine rings is 1. The van der Waals surface area contributed by atoms with Crippen LogP contribution in [0.15, 0.2) is 188 Å².